The Morgan fingerprint density at radius 1 is 0.795 bits per heavy atom. The molecule has 2 aliphatic rings. The van der Waals surface area contributed by atoms with Crippen LogP contribution in [-0.2, 0) is 14.3 Å². The van der Waals surface area contributed by atoms with Gasteiger partial charge in [0.05, 0.1) is 12.5 Å². The lowest BCUT2D eigenvalue weighted by atomic mass is 9.91. The average molecular weight is 557 g/mol. The van der Waals surface area contributed by atoms with Crippen LogP contribution < -0.4 is 0 Å². The summed E-state index contributed by atoms with van der Waals surface area (Å²) < 4.78 is 5.41. The molecule has 0 aromatic heterocycles. The molecule has 0 saturated heterocycles. The molecule has 5 heteroatoms. The van der Waals surface area contributed by atoms with E-state index >= 15 is 0 Å². The Morgan fingerprint density at radius 2 is 1.18 bits per heavy atom. The van der Waals surface area contributed by atoms with E-state index in [9.17, 15) is 14.7 Å². The van der Waals surface area contributed by atoms with Crippen molar-refractivity contribution >= 4 is 22.8 Å². The lowest BCUT2D eigenvalue weighted by molar-refractivity contribution is -0.149. The van der Waals surface area contributed by atoms with Crippen LogP contribution in [0.3, 0.4) is 0 Å². The molecule has 0 amide bonds. The molecule has 0 radical (unpaired) electrons. The predicted molar refractivity (Wildman–Crippen MR) is 161 cm³/mol. The number of ether oxygens (including phenoxy) is 1. The Labute approximate surface area is 241 Å². The summed E-state index contributed by atoms with van der Waals surface area (Å²) >= 11 is 4.97. The van der Waals surface area contributed by atoms with E-state index in [1.807, 2.05) is 26.0 Å². The first kappa shape index (κ1) is 33.0. The van der Waals surface area contributed by atoms with E-state index < -0.39 is 0 Å². The van der Waals surface area contributed by atoms with Crippen molar-refractivity contribution in [2.75, 3.05) is 13.2 Å². The Bertz CT molecular complexity index is 1040. The highest BCUT2D eigenvalue weighted by Gasteiger charge is 2.54. The summed E-state index contributed by atoms with van der Waals surface area (Å²) in [6.45, 7) is 17.1. The number of halogens is 1. The van der Waals surface area contributed by atoms with Crippen molar-refractivity contribution in [2.45, 2.75) is 80.1 Å². The maximum atomic E-state index is 11.5. The molecule has 6 atom stereocenters. The zero-order valence-corrected chi connectivity index (χ0v) is 25.9. The molecule has 39 heavy (non-hydrogen) atoms. The molecule has 0 unspecified atom stereocenters. The summed E-state index contributed by atoms with van der Waals surface area (Å²) in [5, 5.41) is 8.96. The second-order valence-electron chi connectivity index (χ2n) is 12.7. The van der Waals surface area contributed by atoms with Crippen molar-refractivity contribution in [2.24, 2.45) is 34.5 Å². The van der Waals surface area contributed by atoms with Gasteiger partial charge in [-0.25, -0.2) is 0 Å². The van der Waals surface area contributed by atoms with Crippen LogP contribution in [-0.4, -0.2) is 29.5 Å². The summed E-state index contributed by atoms with van der Waals surface area (Å²) in [6.07, 6.45) is 2.31. The molecule has 2 aromatic carbocycles. The molecule has 4 nitrogen and oxygen atoms in total. The van der Waals surface area contributed by atoms with Gasteiger partial charge in [-0.3, -0.25) is 9.59 Å². The number of aliphatic hydroxyl groups excluding tert-OH is 1. The Kier molecular flexibility index (Phi) is 12.2. The first-order valence-electron chi connectivity index (χ1n) is 14.3. The minimum absolute atomic E-state index is 0.0216. The number of benzene rings is 2. The summed E-state index contributed by atoms with van der Waals surface area (Å²) in [7, 11) is 0. The van der Waals surface area contributed by atoms with Crippen molar-refractivity contribution in [3.8, 4) is 0 Å². The highest BCUT2D eigenvalue weighted by molar-refractivity contribution is 6.63. The zero-order chi connectivity index (χ0) is 29.4. The van der Waals surface area contributed by atoms with Crippen LogP contribution in [0.1, 0.15) is 91.2 Å². The smallest absolute Gasteiger partial charge is 0.308 e. The number of carbonyl (C=O) groups excluding carboxylic acids is 2. The lowest BCUT2D eigenvalue weighted by Crippen LogP contribution is -2.19. The number of carbonyl (C=O) groups is 2. The molecule has 4 rings (SSSR count). The molecule has 2 saturated carbocycles. The Balaban J connectivity index is 0.000000234. The number of hydrogen-bond acceptors (Lipinski definition) is 4. The molecule has 0 heterocycles. The third kappa shape index (κ3) is 9.76. The van der Waals surface area contributed by atoms with Crippen LogP contribution in [0.15, 0.2) is 60.7 Å². The maximum absolute atomic E-state index is 11.5. The third-order valence-electron chi connectivity index (χ3n) is 8.53. The second kappa shape index (κ2) is 14.5. The Hall–Kier alpha value is -2.17. The predicted octanol–water partition coefficient (Wildman–Crippen LogP) is 8.23. The van der Waals surface area contributed by atoms with Gasteiger partial charge in [0.25, 0.3) is 0 Å². The van der Waals surface area contributed by atoms with Gasteiger partial charge >= 0.3 is 5.97 Å². The van der Waals surface area contributed by atoms with Crippen LogP contribution in [0, 0.1) is 34.5 Å². The topological polar surface area (TPSA) is 63.6 Å². The van der Waals surface area contributed by atoms with Gasteiger partial charge in [-0.15, -0.1) is 0 Å². The van der Waals surface area contributed by atoms with Crippen LogP contribution in [0.2, 0.25) is 0 Å². The molecule has 2 aromatic rings. The van der Waals surface area contributed by atoms with Crippen LogP contribution in [0.25, 0.3) is 0 Å². The standard InChI is InChI=1S/C17H24O2.C13H18O.C4H7ClO/c1-12(2)16(18)19-11-17(4)10-15(17)13(3)14-8-6-5-7-9-14;1-10(11-6-4-3-5-7-11)12-8-13(12,2)9-14;1-3(2)4(5)6/h5-9,12-13,15H,10-11H2,1-4H3;3-7,10,12,14H,8-9H2,1-2H3;3H,1-2H3/t13-,15-,17-;10-,12-,13-;/m00./s1. The van der Waals surface area contributed by atoms with E-state index in [2.05, 4.69) is 76.2 Å². The fourth-order valence-electron chi connectivity index (χ4n) is 5.18. The van der Waals surface area contributed by atoms with Crippen molar-refractivity contribution < 1.29 is 19.4 Å². The van der Waals surface area contributed by atoms with Crippen molar-refractivity contribution in [1.29, 1.82) is 0 Å². The first-order valence-corrected chi connectivity index (χ1v) is 14.7. The van der Waals surface area contributed by atoms with Gasteiger partial charge in [-0.1, -0.05) is 116 Å². The molecule has 1 N–H and O–H groups in total. The molecule has 0 aliphatic heterocycles. The molecule has 2 aliphatic carbocycles. The fraction of sp³-hybridized carbons (Fsp3) is 0.588. The van der Waals surface area contributed by atoms with Gasteiger partial charge in [0.1, 0.15) is 0 Å². The van der Waals surface area contributed by atoms with E-state index in [1.165, 1.54) is 17.5 Å². The fourth-order valence-corrected chi connectivity index (χ4v) is 5.18. The van der Waals surface area contributed by atoms with Crippen molar-refractivity contribution in [3.05, 3.63) is 71.8 Å². The molecule has 216 valence electrons. The average Bonchev–Trinajstić information content (AvgIpc) is 3.82. The monoisotopic (exact) mass is 556 g/mol. The summed E-state index contributed by atoms with van der Waals surface area (Å²) in [5.74, 6) is 2.25. The number of aliphatic hydroxyl groups is 1. The van der Waals surface area contributed by atoms with E-state index in [-0.39, 0.29) is 33.9 Å². The van der Waals surface area contributed by atoms with E-state index in [0.29, 0.717) is 36.9 Å². The maximum Gasteiger partial charge on any atom is 0.308 e. The van der Waals surface area contributed by atoms with Gasteiger partial charge in [-0.2, -0.15) is 0 Å². The molecular formula is C34H49ClO4. The molecule has 2 fully saturated rings. The minimum atomic E-state index is -0.269. The quantitative estimate of drug-likeness (QED) is 0.249. The second-order valence-corrected chi connectivity index (χ2v) is 13.1. The number of rotatable bonds is 9. The number of esters is 1. The largest absolute Gasteiger partial charge is 0.465 e. The van der Waals surface area contributed by atoms with Gasteiger partial charge in [0, 0.05) is 17.9 Å². The van der Waals surface area contributed by atoms with Crippen molar-refractivity contribution in [1.82, 2.24) is 0 Å². The van der Waals surface area contributed by atoms with Gasteiger partial charge < -0.3 is 9.84 Å². The van der Waals surface area contributed by atoms with Gasteiger partial charge in [0.15, 0.2) is 0 Å². The van der Waals surface area contributed by atoms with E-state index in [4.69, 9.17) is 16.3 Å². The van der Waals surface area contributed by atoms with Crippen molar-refractivity contribution in [3.63, 3.8) is 0 Å². The Morgan fingerprint density at radius 3 is 1.51 bits per heavy atom. The number of hydrogen-bond donors (Lipinski definition) is 1. The summed E-state index contributed by atoms with van der Waals surface area (Å²) in [4.78, 5) is 21.5. The van der Waals surface area contributed by atoms with Crippen LogP contribution in [0.4, 0.5) is 0 Å². The van der Waals surface area contributed by atoms with E-state index in [0.717, 1.165) is 6.42 Å². The minimum Gasteiger partial charge on any atom is -0.465 e. The lowest BCUT2D eigenvalue weighted by Gasteiger charge is -2.17. The van der Waals surface area contributed by atoms with Gasteiger partial charge in [0.2, 0.25) is 5.24 Å². The SMILES string of the molecule is CC(C)C(=O)Cl.CC(C)C(=O)OC[C@]1(C)C[C@H]1[C@@H](C)c1ccccc1.C[C@@H](c1ccccc1)[C@@H]1C[C@@]1(C)CO. The molecular weight excluding hydrogens is 508 g/mol. The molecule has 0 bridgehead atoms. The normalized spacial score (nSPS) is 26.4. The van der Waals surface area contributed by atoms with Gasteiger partial charge in [-0.05, 0) is 64.7 Å². The van der Waals surface area contributed by atoms with Crippen LogP contribution >= 0.6 is 11.6 Å². The van der Waals surface area contributed by atoms with E-state index in [1.54, 1.807) is 13.8 Å². The third-order valence-corrected chi connectivity index (χ3v) is 8.97. The summed E-state index contributed by atoms with van der Waals surface area (Å²) in [5.41, 5.74) is 3.13. The molecule has 0 spiro atoms. The first-order chi connectivity index (χ1) is 18.3. The highest BCUT2D eigenvalue weighted by Crippen LogP contribution is 2.59. The zero-order valence-electron chi connectivity index (χ0n) is 25.1. The van der Waals surface area contributed by atoms with Crippen LogP contribution in [0.5, 0.6) is 0 Å². The highest BCUT2D eigenvalue weighted by atomic mass is 35.5. The summed E-state index contributed by atoms with van der Waals surface area (Å²) in [6, 6.07) is 21.2.